The van der Waals surface area contributed by atoms with Crippen LogP contribution in [0.1, 0.15) is 37.0 Å². The fraction of sp³-hybridized carbons (Fsp3) is 0.571. The zero-order valence-electron chi connectivity index (χ0n) is 11.9. The number of ether oxygens (including phenoxy) is 2. The molecule has 0 radical (unpaired) electrons. The monoisotopic (exact) mass is 279 g/mol. The van der Waals surface area contributed by atoms with Crippen LogP contribution in [0.4, 0.5) is 11.5 Å². The Kier molecular flexibility index (Phi) is 4.44. The van der Waals surface area contributed by atoms with Gasteiger partial charge in [-0.15, -0.1) is 0 Å². The Hall–Kier alpha value is -1.82. The molecule has 0 aromatic carbocycles. The molecule has 110 valence electrons. The van der Waals surface area contributed by atoms with Crippen LogP contribution in [0.3, 0.4) is 0 Å². The molecule has 3 N–H and O–H groups in total. The molecule has 20 heavy (non-hydrogen) atoms. The number of rotatable bonds is 4. The Balaban J connectivity index is 2.24. The quantitative estimate of drug-likeness (QED) is 0.818. The van der Waals surface area contributed by atoms with E-state index >= 15 is 0 Å². The van der Waals surface area contributed by atoms with Crippen molar-refractivity contribution in [3.8, 4) is 0 Å². The number of hydrogen-bond donors (Lipinski definition) is 2. The van der Waals surface area contributed by atoms with Crippen molar-refractivity contribution in [1.29, 1.82) is 0 Å². The van der Waals surface area contributed by atoms with Gasteiger partial charge in [0.05, 0.1) is 18.5 Å². The number of nitrogen functional groups attached to an aromatic ring is 1. The average molecular weight is 279 g/mol. The molecule has 1 fully saturated rings. The predicted molar refractivity (Wildman–Crippen MR) is 76.7 cm³/mol. The summed E-state index contributed by atoms with van der Waals surface area (Å²) in [6.45, 7) is 5.59. The minimum atomic E-state index is -0.412. The number of carbonyl (C=O) groups excluding carboxylic acids is 1. The Morgan fingerprint density at radius 1 is 1.55 bits per heavy atom. The van der Waals surface area contributed by atoms with Crippen LogP contribution < -0.4 is 11.1 Å². The van der Waals surface area contributed by atoms with E-state index in [9.17, 15) is 4.79 Å². The normalized spacial score (nSPS) is 17.5. The predicted octanol–water partition coefficient (Wildman–Crippen LogP) is 1.82. The molecule has 1 aliphatic rings. The van der Waals surface area contributed by atoms with Crippen LogP contribution in [0.15, 0.2) is 12.3 Å². The molecule has 0 unspecified atom stereocenters. The zero-order chi connectivity index (χ0) is 14.6. The van der Waals surface area contributed by atoms with Crippen molar-refractivity contribution < 1.29 is 14.3 Å². The second-order valence-corrected chi connectivity index (χ2v) is 5.18. The first-order chi connectivity index (χ1) is 9.54. The van der Waals surface area contributed by atoms with Gasteiger partial charge in [0.2, 0.25) is 0 Å². The second-order valence-electron chi connectivity index (χ2n) is 5.18. The third kappa shape index (κ3) is 3.39. The van der Waals surface area contributed by atoms with Crippen LogP contribution in [0.25, 0.3) is 0 Å². The van der Waals surface area contributed by atoms with Crippen LogP contribution in [0, 0.1) is 0 Å². The topological polar surface area (TPSA) is 86.5 Å². The summed E-state index contributed by atoms with van der Waals surface area (Å²) in [5.74, 6) is 0.104. The van der Waals surface area contributed by atoms with E-state index in [1.165, 1.54) is 6.20 Å². The van der Waals surface area contributed by atoms with Gasteiger partial charge in [-0.3, -0.25) is 0 Å². The minimum absolute atomic E-state index is 0.136. The summed E-state index contributed by atoms with van der Waals surface area (Å²) in [6.07, 6.45) is 3.26. The number of nitrogens with two attached hydrogens (primary N) is 1. The molecular formula is C14H21N3O3. The van der Waals surface area contributed by atoms with Crippen LogP contribution in [0.2, 0.25) is 0 Å². The molecule has 0 atom stereocenters. The van der Waals surface area contributed by atoms with Crippen molar-refractivity contribution in [3.05, 3.63) is 17.8 Å². The standard InChI is InChI=1S/C14H21N3O3/c1-3-20-13(18)11-8-10(15)9-16-12(11)17-14(2)4-6-19-7-5-14/h8-9H,3-7,15H2,1-2H3,(H,16,17). The molecule has 0 amide bonds. The molecular weight excluding hydrogens is 258 g/mol. The molecule has 0 aliphatic carbocycles. The highest BCUT2D eigenvalue weighted by molar-refractivity contribution is 5.95. The lowest BCUT2D eigenvalue weighted by molar-refractivity contribution is 0.0526. The first-order valence-electron chi connectivity index (χ1n) is 6.82. The van der Waals surface area contributed by atoms with Gasteiger partial charge in [-0.05, 0) is 32.8 Å². The number of nitrogens with zero attached hydrogens (tertiary/aromatic N) is 1. The van der Waals surface area contributed by atoms with Gasteiger partial charge < -0.3 is 20.5 Å². The summed E-state index contributed by atoms with van der Waals surface area (Å²) in [5.41, 5.74) is 6.39. The molecule has 0 bridgehead atoms. The van der Waals surface area contributed by atoms with E-state index in [1.54, 1.807) is 13.0 Å². The molecule has 1 saturated heterocycles. The second kappa shape index (κ2) is 6.09. The van der Waals surface area contributed by atoms with E-state index in [0.29, 0.717) is 36.9 Å². The summed E-state index contributed by atoms with van der Waals surface area (Å²) in [5, 5.41) is 3.34. The third-order valence-electron chi connectivity index (χ3n) is 3.42. The first kappa shape index (κ1) is 14.6. The maximum Gasteiger partial charge on any atom is 0.341 e. The number of esters is 1. The van der Waals surface area contributed by atoms with E-state index < -0.39 is 5.97 Å². The molecule has 2 rings (SSSR count). The van der Waals surface area contributed by atoms with Crippen LogP contribution in [-0.4, -0.2) is 36.3 Å². The Morgan fingerprint density at radius 3 is 2.90 bits per heavy atom. The molecule has 0 saturated carbocycles. The number of anilines is 2. The molecule has 1 aliphatic heterocycles. The highest BCUT2D eigenvalue weighted by atomic mass is 16.5. The maximum atomic E-state index is 12.0. The van der Waals surface area contributed by atoms with Crippen molar-refractivity contribution in [3.63, 3.8) is 0 Å². The Bertz CT molecular complexity index is 485. The van der Waals surface area contributed by atoms with Gasteiger partial charge in [-0.25, -0.2) is 9.78 Å². The molecule has 1 aromatic rings. The maximum absolute atomic E-state index is 12.0. The Labute approximate surface area is 118 Å². The van der Waals surface area contributed by atoms with Gasteiger partial charge in [-0.2, -0.15) is 0 Å². The highest BCUT2D eigenvalue weighted by Gasteiger charge is 2.29. The van der Waals surface area contributed by atoms with Crippen molar-refractivity contribution in [1.82, 2.24) is 4.98 Å². The zero-order valence-corrected chi connectivity index (χ0v) is 11.9. The van der Waals surface area contributed by atoms with Gasteiger partial charge in [0, 0.05) is 18.8 Å². The van der Waals surface area contributed by atoms with E-state index in [2.05, 4.69) is 17.2 Å². The van der Waals surface area contributed by atoms with Gasteiger partial charge >= 0.3 is 5.97 Å². The number of carbonyl (C=O) groups is 1. The minimum Gasteiger partial charge on any atom is -0.462 e. The molecule has 1 aromatic heterocycles. The van der Waals surface area contributed by atoms with Crippen molar-refractivity contribution >= 4 is 17.5 Å². The third-order valence-corrected chi connectivity index (χ3v) is 3.42. The molecule has 6 heteroatoms. The number of hydrogen-bond acceptors (Lipinski definition) is 6. The fourth-order valence-corrected chi connectivity index (χ4v) is 2.18. The lowest BCUT2D eigenvalue weighted by Crippen LogP contribution is -2.41. The molecule has 6 nitrogen and oxygen atoms in total. The SMILES string of the molecule is CCOC(=O)c1cc(N)cnc1NC1(C)CCOCC1. The Morgan fingerprint density at radius 2 is 2.25 bits per heavy atom. The van der Waals surface area contributed by atoms with E-state index in [1.807, 2.05) is 0 Å². The highest BCUT2D eigenvalue weighted by Crippen LogP contribution is 2.27. The summed E-state index contributed by atoms with van der Waals surface area (Å²) >= 11 is 0. The molecule has 2 heterocycles. The van der Waals surface area contributed by atoms with E-state index in [-0.39, 0.29) is 5.54 Å². The number of aromatic nitrogens is 1. The number of nitrogens with one attached hydrogen (secondary N) is 1. The van der Waals surface area contributed by atoms with Crippen LogP contribution >= 0.6 is 0 Å². The van der Waals surface area contributed by atoms with Gasteiger partial charge in [0.1, 0.15) is 11.4 Å². The average Bonchev–Trinajstić information content (AvgIpc) is 2.41. The fourth-order valence-electron chi connectivity index (χ4n) is 2.18. The van der Waals surface area contributed by atoms with E-state index in [0.717, 1.165) is 12.8 Å². The van der Waals surface area contributed by atoms with Gasteiger partial charge in [0.25, 0.3) is 0 Å². The summed E-state index contributed by atoms with van der Waals surface area (Å²) in [4.78, 5) is 16.2. The van der Waals surface area contributed by atoms with Crippen LogP contribution in [0.5, 0.6) is 0 Å². The van der Waals surface area contributed by atoms with E-state index in [4.69, 9.17) is 15.2 Å². The summed E-state index contributed by atoms with van der Waals surface area (Å²) in [7, 11) is 0. The summed E-state index contributed by atoms with van der Waals surface area (Å²) in [6, 6.07) is 1.59. The van der Waals surface area contributed by atoms with Crippen molar-refractivity contribution in [2.45, 2.75) is 32.2 Å². The molecule has 0 spiro atoms. The largest absolute Gasteiger partial charge is 0.462 e. The lowest BCUT2D eigenvalue weighted by atomic mass is 9.92. The van der Waals surface area contributed by atoms with Gasteiger partial charge in [-0.1, -0.05) is 0 Å². The van der Waals surface area contributed by atoms with Crippen LogP contribution in [-0.2, 0) is 9.47 Å². The van der Waals surface area contributed by atoms with Gasteiger partial charge in [0.15, 0.2) is 0 Å². The van der Waals surface area contributed by atoms with Crippen molar-refractivity contribution in [2.75, 3.05) is 30.9 Å². The number of pyridine rings is 1. The smallest absolute Gasteiger partial charge is 0.341 e. The summed E-state index contributed by atoms with van der Waals surface area (Å²) < 4.78 is 10.4. The lowest BCUT2D eigenvalue weighted by Gasteiger charge is -2.35. The van der Waals surface area contributed by atoms with Crippen molar-refractivity contribution in [2.24, 2.45) is 0 Å². The first-order valence-corrected chi connectivity index (χ1v) is 6.82.